The molecule has 0 aliphatic carbocycles. The Hall–Kier alpha value is -2.14. The summed E-state index contributed by atoms with van der Waals surface area (Å²) in [7, 11) is 1.95. The molecule has 0 bridgehead atoms. The largest absolute Gasteiger partial charge is 0.325 e. The first-order chi connectivity index (χ1) is 9.69. The lowest BCUT2D eigenvalue weighted by Crippen LogP contribution is -2.62. The summed E-state index contributed by atoms with van der Waals surface area (Å²) in [6, 6.07) is 10.0. The third-order valence-electron chi connectivity index (χ3n) is 4.42. The van der Waals surface area contributed by atoms with E-state index in [1.54, 1.807) is 0 Å². The lowest BCUT2D eigenvalue weighted by atomic mass is 9.74. The maximum absolute atomic E-state index is 12.3. The molecular weight excluding hydrogens is 252 g/mol. The Balaban J connectivity index is 1.56. The molecule has 1 aromatic heterocycles. The van der Waals surface area contributed by atoms with Crippen LogP contribution in [-0.4, -0.2) is 33.7 Å². The summed E-state index contributed by atoms with van der Waals surface area (Å²) >= 11 is 0. The highest BCUT2D eigenvalue weighted by Gasteiger charge is 2.54. The Bertz CT molecular complexity index is 685. The zero-order chi connectivity index (χ0) is 13.7. The molecule has 102 valence electrons. The van der Waals surface area contributed by atoms with Gasteiger partial charge in [-0.05, 0) is 17.7 Å². The highest BCUT2D eigenvalue weighted by atomic mass is 16.2. The van der Waals surface area contributed by atoms with Gasteiger partial charge in [-0.15, -0.1) is 0 Å². The quantitative estimate of drug-likeness (QED) is 0.888. The van der Waals surface area contributed by atoms with Crippen LogP contribution in [0.15, 0.2) is 36.5 Å². The fourth-order valence-corrected chi connectivity index (χ4v) is 3.30. The summed E-state index contributed by atoms with van der Waals surface area (Å²) in [6.45, 7) is 2.40. The second-order valence-electron chi connectivity index (χ2n) is 5.67. The van der Waals surface area contributed by atoms with Crippen LogP contribution in [0.5, 0.6) is 0 Å². The number of nitrogens with zero attached hydrogens (tertiary/aromatic N) is 3. The Morgan fingerprint density at radius 3 is 2.85 bits per heavy atom. The number of fused-ring (bicyclic) bond motifs is 2. The first kappa shape index (κ1) is 11.7. The summed E-state index contributed by atoms with van der Waals surface area (Å²) in [5.41, 5.74) is 2.95. The minimum Gasteiger partial charge on any atom is -0.325 e. The minimum absolute atomic E-state index is 0.139. The Morgan fingerprint density at radius 1 is 1.30 bits per heavy atom. The second-order valence-corrected chi connectivity index (χ2v) is 5.67. The number of hydrogen-bond donors (Lipinski definition) is 1. The van der Waals surface area contributed by atoms with Gasteiger partial charge in [-0.25, -0.2) is 0 Å². The van der Waals surface area contributed by atoms with Crippen molar-refractivity contribution in [3.8, 4) is 0 Å². The summed E-state index contributed by atoms with van der Waals surface area (Å²) in [5, 5.41) is 7.18. The molecule has 2 aliphatic heterocycles. The molecule has 0 unspecified atom stereocenters. The average Bonchev–Trinajstić information content (AvgIpc) is 2.92. The standard InChI is InChI=1S/C15H16N4O/c1-18-11(6-7-16-18)8-19-9-15(10-19)12-4-2-3-5-13(12)17-14(15)20/h2-7H,8-10H2,1H3,(H,17,20). The zero-order valence-corrected chi connectivity index (χ0v) is 11.3. The number of hydrogen-bond acceptors (Lipinski definition) is 3. The van der Waals surface area contributed by atoms with E-state index in [1.165, 1.54) is 5.69 Å². The van der Waals surface area contributed by atoms with Crippen LogP contribution < -0.4 is 5.32 Å². The molecule has 4 rings (SSSR count). The number of carbonyl (C=O) groups excluding carboxylic acids is 1. The Morgan fingerprint density at radius 2 is 2.10 bits per heavy atom. The number of aromatic nitrogens is 2. The van der Waals surface area contributed by atoms with Crippen LogP contribution in [0.25, 0.3) is 0 Å². The van der Waals surface area contributed by atoms with E-state index in [-0.39, 0.29) is 11.3 Å². The topological polar surface area (TPSA) is 50.2 Å². The van der Waals surface area contributed by atoms with Gasteiger partial charge in [0.2, 0.25) is 5.91 Å². The van der Waals surface area contributed by atoms with Gasteiger partial charge in [-0.3, -0.25) is 14.4 Å². The lowest BCUT2D eigenvalue weighted by Gasteiger charge is -2.46. The molecule has 0 radical (unpaired) electrons. The summed E-state index contributed by atoms with van der Waals surface area (Å²) in [5.74, 6) is 0.139. The van der Waals surface area contributed by atoms with Crippen molar-refractivity contribution in [1.82, 2.24) is 14.7 Å². The van der Waals surface area contributed by atoms with Gasteiger partial charge in [0, 0.05) is 38.6 Å². The van der Waals surface area contributed by atoms with Crippen LogP contribution in [0.3, 0.4) is 0 Å². The van der Waals surface area contributed by atoms with E-state index in [1.807, 2.05) is 42.2 Å². The van der Waals surface area contributed by atoms with Gasteiger partial charge in [-0.1, -0.05) is 18.2 Å². The van der Waals surface area contributed by atoms with Crippen molar-refractivity contribution < 1.29 is 4.79 Å². The van der Waals surface area contributed by atoms with Gasteiger partial charge < -0.3 is 5.32 Å². The number of carbonyl (C=O) groups is 1. The van der Waals surface area contributed by atoms with Crippen molar-refractivity contribution in [2.24, 2.45) is 7.05 Å². The van der Waals surface area contributed by atoms with E-state index < -0.39 is 0 Å². The van der Waals surface area contributed by atoms with Crippen LogP contribution in [0.4, 0.5) is 5.69 Å². The van der Waals surface area contributed by atoms with Crippen molar-refractivity contribution in [3.05, 3.63) is 47.8 Å². The van der Waals surface area contributed by atoms with Gasteiger partial charge in [-0.2, -0.15) is 5.10 Å². The predicted octanol–water partition coefficient (Wildman–Crippen LogP) is 1.13. The van der Waals surface area contributed by atoms with Gasteiger partial charge in [0.15, 0.2) is 0 Å². The third-order valence-corrected chi connectivity index (χ3v) is 4.42. The molecule has 0 atom stereocenters. The lowest BCUT2D eigenvalue weighted by molar-refractivity contribution is -0.127. The smallest absolute Gasteiger partial charge is 0.237 e. The number of nitrogens with one attached hydrogen (secondary N) is 1. The number of anilines is 1. The number of rotatable bonds is 2. The van der Waals surface area contributed by atoms with Crippen LogP contribution in [0.1, 0.15) is 11.3 Å². The van der Waals surface area contributed by atoms with E-state index in [0.717, 1.165) is 30.9 Å². The highest BCUT2D eigenvalue weighted by Crippen LogP contribution is 2.44. The van der Waals surface area contributed by atoms with E-state index >= 15 is 0 Å². The highest BCUT2D eigenvalue weighted by molar-refractivity contribution is 6.07. The van der Waals surface area contributed by atoms with Crippen LogP contribution in [-0.2, 0) is 23.8 Å². The normalized spacial score (nSPS) is 19.8. The first-order valence-corrected chi connectivity index (χ1v) is 6.79. The van der Waals surface area contributed by atoms with E-state index in [4.69, 9.17) is 0 Å². The molecule has 5 heteroatoms. The average molecular weight is 268 g/mol. The monoisotopic (exact) mass is 268 g/mol. The molecule has 1 spiro atoms. The van der Waals surface area contributed by atoms with Crippen molar-refractivity contribution in [2.45, 2.75) is 12.0 Å². The molecular formula is C15H16N4O. The molecule has 1 aromatic carbocycles. The summed E-state index contributed by atoms with van der Waals surface area (Å²) < 4.78 is 1.88. The van der Waals surface area contributed by atoms with Gasteiger partial charge in [0.25, 0.3) is 0 Å². The van der Waals surface area contributed by atoms with Crippen LogP contribution >= 0.6 is 0 Å². The van der Waals surface area contributed by atoms with E-state index in [0.29, 0.717) is 0 Å². The molecule has 2 aliphatic rings. The van der Waals surface area contributed by atoms with Gasteiger partial charge >= 0.3 is 0 Å². The Kier molecular flexibility index (Phi) is 2.29. The molecule has 1 saturated heterocycles. The maximum Gasteiger partial charge on any atom is 0.237 e. The molecule has 1 amide bonds. The van der Waals surface area contributed by atoms with Crippen molar-refractivity contribution >= 4 is 11.6 Å². The van der Waals surface area contributed by atoms with E-state index in [9.17, 15) is 4.79 Å². The predicted molar refractivity (Wildman–Crippen MR) is 75.2 cm³/mol. The van der Waals surface area contributed by atoms with Crippen molar-refractivity contribution in [3.63, 3.8) is 0 Å². The van der Waals surface area contributed by atoms with Gasteiger partial charge in [0.1, 0.15) is 5.41 Å². The number of para-hydroxylation sites is 1. The van der Waals surface area contributed by atoms with Crippen molar-refractivity contribution in [1.29, 1.82) is 0 Å². The first-order valence-electron chi connectivity index (χ1n) is 6.79. The fraction of sp³-hybridized carbons (Fsp3) is 0.333. The second kappa shape index (κ2) is 3.93. The van der Waals surface area contributed by atoms with Crippen LogP contribution in [0.2, 0.25) is 0 Å². The van der Waals surface area contributed by atoms with Crippen molar-refractivity contribution in [2.75, 3.05) is 18.4 Å². The van der Waals surface area contributed by atoms with E-state index in [2.05, 4.69) is 21.4 Å². The zero-order valence-electron chi connectivity index (χ0n) is 11.3. The number of benzene rings is 1. The minimum atomic E-state index is -0.338. The summed E-state index contributed by atoms with van der Waals surface area (Å²) in [6.07, 6.45) is 1.81. The molecule has 1 N–H and O–H groups in total. The molecule has 2 aromatic rings. The number of amides is 1. The fourth-order valence-electron chi connectivity index (χ4n) is 3.30. The van der Waals surface area contributed by atoms with Crippen LogP contribution in [0, 0.1) is 0 Å². The Labute approximate surface area is 117 Å². The molecule has 3 heterocycles. The molecule has 1 fully saturated rings. The SMILES string of the molecule is Cn1nccc1CN1CC2(C1)C(=O)Nc1ccccc12. The molecule has 0 saturated carbocycles. The number of likely N-dealkylation sites (tertiary alicyclic amines) is 1. The molecule has 5 nitrogen and oxygen atoms in total. The third kappa shape index (κ3) is 1.47. The summed E-state index contributed by atoms with van der Waals surface area (Å²) in [4.78, 5) is 14.6. The maximum atomic E-state index is 12.3. The number of aryl methyl sites for hydroxylation is 1. The van der Waals surface area contributed by atoms with Gasteiger partial charge in [0.05, 0.1) is 5.69 Å². The molecule has 20 heavy (non-hydrogen) atoms.